The van der Waals surface area contributed by atoms with Crippen LogP contribution in [0, 0.1) is 12.7 Å². The van der Waals surface area contributed by atoms with Crippen LogP contribution in [0.2, 0.25) is 0 Å². The number of aryl methyl sites for hydroxylation is 1. The average molecular weight is 454 g/mol. The van der Waals surface area contributed by atoms with Gasteiger partial charge in [0.1, 0.15) is 11.6 Å². The lowest BCUT2D eigenvalue weighted by Crippen LogP contribution is -2.35. The van der Waals surface area contributed by atoms with Crippen molar-refractivity contribution in [2.45, 2.75) is 32.9 Å². The molecule has 3 rings (SSSR count). The molecule has 0 unspecified atom stereocenters. The molecule has 0 radical (unpaired) electrons. The lowest BCUT2D eigenvalue weighted by molar-refractivity contribution is 0.0244. The first-order valence-corrected chi connectivity index (χ1v) is 11.2. The van der Waals surface area contributed by atoms with Gasteiger partial charge in [0.2, 0.25) is 5.88 Å². The number of ether oxygens (including phenoxy) is 2. The number of aromatic nitrogens is 2. The highest BCUT2D eigenvalue weighted by Crippen LogP contribution is 2.32. The second-order valence-electron chi connectivity index (χ2n) is 7.89. The van der Waals surface area contributed by atoms with Gasteiger partial charge in [-0.15, -0.1) is 6.58 Å². The summed E-state index contributed by atoms with van der Waals surface area (Å²) in [7, 11) is 0. The van der Waals surface area contributed by atoms with E-state index in [-0.39, 0.29) is 12.4 Å². The van der Waals surface area contributed by atoms with Gasteiger partial charge >= 0.3 is 0 Å². The minimum atomic E-state index is -0.631. The molecule has 0 saturated carbocycles. The average Bonchev–Trinajstić information content (AvgIpc) is 3.10. The Hall–Kier alpha value is -3.00. The van der Waals surface area contributed by atoms with E-state index in [9.17, 15) is 9.50 Å². The standard InChI is InChI=1S/C26H32FN3O3/c1-4-14-29(17-23(31)19-32-15-5-2)18-25-20(3)28-30(22-11-7-6-8-12-22)26(25)33-24-13-9-10-21(27)16-24/h5-13,16,23,31H,2,4,14-15,17-19H2,1,3H3/t23-/m0/s1. The minimum Gasteiger partial charge on any atom is -0.438 e. The van der Waals surface area contributed by atoms with Crippen molar-refractivity contribution in [2.24, 2.45) is 0 Å². The van der Waals surface area contributed by atoms with E-state index in [4.69, 9.17) is 14.6 Å². The number of aliphatic hydroxyl groups excluding tert-OH is 1. The summed E-state index contributed by atoms with van der Waals surface area (Å²) < 4.78 is 27.2. The van der Waals surface area contributed by atoms with Crippen LogP contribution in [0.25, 0.3) is 5.69 Å². The minimum absolute atomic E-state index is 0.237. The summed E-state index contributed by atoms with van der Waals surface area (Å²) in [4.78, 5) is 2.15. The third-order valence-electron chi connectivity index (χ3n) is 5.09. The third-order valence-corrected chi connectivity index (χ3v) is 5.09. The fourth-order valence-corrected chi connectivity index (χ4v) is 3.62. The van der Waals surface area contributed by atoms with Gasteiger partial charge in [-0.05, 0) is 44.2 Å². The molecular formula is C26H32FN3O3. The molecule has 0 saturated heterocycles. The zero-order valence-electron chi connectivity index (χ0n) is 19.3. The van der Waals surface area contributed by atoms with E-state index < -0.39 is 6.10 Å². The van der Waals surface area contributed by atoms with Crippen molar-refractivity contribution in [1.29, 1.82) is 0 Å². The number of aliphatic hydroxyl groups is 1. The van der Waals surface area contributed by atoms with Crippen LogP contribution in [0.5, 0.6) is 11.6 Å². The van der Waals surface area contributed by atoms with Crippen molar-refractivity contribution in [1.82, 2.24) is 14.7 Å². The fourth-order valence-electron chi connectivity index (χ4n) is 3.62. The third kappa shape index (κ3) is 6.99. The largest absolute Gasteiger partial charge is 0.438 e. The first-order chi connectivity index (χ1) is 16.0. The van der Waals surface area contributed by atoms with Gasteiger partial charge < -0.3 is 14.6 Å². The predicted octanol–water partition coefficient (Wildman–Crippen LogP) is 4.89. The van der Waals surface area contributed by atoms with Gasteiger partial charge in [0.25, 0.3) is 0 Å². The number of hydrogen-bond acceptors (Lipinski definition) is 5. The molecule has 0 aliphatic rings. The molecule has 0 aliphatic heterocycles. The van der Waals surface area contributed by atoms with Crippen LogP contribution in [0.15, 0.2) is 67.3 Å². The maximum absolute atomic E-state index is 13.8. The van der Waals surface area contributed by atoms with Crippen molar-refractivity contribution < 1.29 is 19.0 Å². The number of benzene rings is 2. The second-order valence-corrected chi connectivity index (χ2v) is 7.89. The second kappa shape index (κ2) is 12.3. The Morgan fingerprint density at radius 2 is 2.00 bits per heavy atom. The summed E-state index contributed by atoms with van der Waals surface area (Å²) in [5, 5.41) is 15.2. The maximum Gasteiger partial charge on any atom is 0.227 e. The number of rotatable bonds is 13. The SMILES string of the molecule is C=CCOC[C@@H](O)CN(CCC)Cc1c(C)nn(-c2ccccc2)c1Oc1cccc(F)c1. The summed E-state index contributed by atoms with van der Waals surface area (Å²) >= 11 is 0. The highest BCUT2D eigenvalue weighted by molar-refractivity contribution is 5.43. The molecule has 0 amide bonds. The smallest absolute Gasteiger partial charge is 0.227 e. The molecule has 6 nitrogen and oxygen atoms in total. The summed E-state index contributed by atoms with van der Waals surface area (Å²) in [5.74, 6) is 0.558. The van der Waals surface area contributed by atoms with Gasteiger partial charge in [-0.1, -0.05) is 37.3 Å². The molecule has 33 heavy (non-hydrogen) atoms. The van der Waals surface area contributed by atoms with E-state index in [2.05, 4.69) is 18.4 Å². The van der Waals surface area contributed by atoms with E-state index in [0.717, 1.165) is 29.9 Å². The first kappa shape index (κ1) is 24.6. The van der Waals surface area contributed by atoms with Crippen LogP contribution >= 0.6 is 0 Å². The number of hydrogen-bond donors (Lipinski definition) is 1. The quantitative estimate of drug-likeness (QED) is 0.295. The summed E-state index contributed by atoms with van der Waals surface area (Å²) in [6, 6.07) is 15.8. The highest BCUT2D eigenvalue weighted by Gasteiger charge is 2.22. The van der Waals surface area contributed by atoms with Gasteiger partial charge in [0.15, 0.2) is 0 Å². The van der Waals surface area contributed by atoms with Crippen molar-refractivity contribution in [3.8, 4) is 17.3 Å². The van der Waals surface area contributed by atoms with Crippen LogP contribution in [0.1, 0.15) is 24.6 Å². The van der Waals surface area contributed by atoms with Gasteiger partial charge in [-0.25, -0.2) is 9.07 Å². The monoisotopic (exact) mass is 453 g/mol. The maximum atomic E-state index is 13.8. The highest BCUT2D eigenvalue weighted by atomic mass is 19.1. The molecule has 0 spiro atoms. The number of halogens is 1. The fraction of sp³-hybridized carbons (Fsp3) is 0.346. The number of nitrogens with zero attached hydrogens (tertiary/aromatic N) is 3. The molecule has 2 aromatic carbocycles. The molecule has 0 fully saturated rings. The van der Waals surface area contributed by atoms with Crippen molar-refractivity contribution >= 4 is 0 Å². The van der Waals surface area contributed by atoms with Crippen molar-refractivity contribution in [3.05, 3.63) is 84.3 Å². The summed E-state index contributed by atoms with van der Waals surface area (Å²) in [5.41, 5.74) is 2.54. The number of para-hydroxylation sites is 1. The Balaban J connectivity index is 1.91. The lowest BCUT2D eigenvalue weighted by Gasteiger charge is -2.25. The predicted molar refractivity (Wildman–Crippen MR) is 127 cm³/mol. The van der Waals surface area contributed by atoms with Crippen molar-refractivity contribution in [2.75, 3.05) is 26.3 Å². The molecular weight excluding hydrogens is 421 g/mol. The molecule has 7 heteroatoms. The van der Waals surface area contributed by atoms with E-state index in [1.807, 2.05) is 37.3 Å². The Bertz CT molecular complexity index is 1020. The Kier molecular flexibility index (Phi) is 9.18. The molecule has 0 bridgehead atoms. The molecule has 1 heterocycles. The normalized spacial score (nSPS) is 12.2. The van der Waals surface area contributed by atoms with Crippen LogP contribution in [0.3, 0.4) is 0 Å². The Morgan fingerprint density at radius 1 is 1.21 bits per heavy atom. The van der Waals surface area contributed by atoms with E-state index >= 15 is 0 Å². The van der Waals surface area contributed by atoms with Crippen LogP contribution in [0.4, 0.5) is 4.39 Å². The first-order valence-electron chi connectivity index (χ1n) is 11.2. The van der Waals surface area contributed by atoms with E-state index in [1.165, 1.54) is 12.1 Å². The zero-order valence-corrected chi connectivity index (χ0v) is 19.3. The van der Waals surface area contributed by atoms with E-state index in [0.29, 0.717) is 31.3 Å². The molecule has 176 valence electrons. The lowest BCUT2D eigenvalue weighted by atomic mass is 10.2. The molecule has 1 atom stereocenters. The molecule has 1 N–H and O–H groups in total. The van der Waals surface area contributed by atoms with Gasteiger partial charge in [0.05, 0.1) is 36.3 Å². The summed E-state index contributed by atoms with van der Waals surface area (Å²) in [6.07, 6.45) is 1.95. The van der Waals surface area contributed by atoms with Gasteiger partial charge in [-0.2, -0.15) is 5.10 Å². The van der Waals surface area contributed by atoms with Gasteiger partial charge in [-0.3, -0.25) is 4.90 Å². The molecule has 3 aromatic rings. The van der Waals surface area contributed by atoms with Crippen LogP contribution in [-0.2, 0) is 11.3 Å². The Morgan fingerprint density at radius 3 is 2.70 bits per heavy atom. The Labute approximate surface area is 194 Å². The molecule has 0 aliphatic carbocycles. The van der Waals surface area contributed by atoms with Crippen LogP contribution < -0.4 is 4.74 Å². The molecule has 1 aromatic heterocycles. The zero-order chi connectivity index (χ0) is 23.6. The van der Waals surface area contributed by atoms with Gasteiger partial charge in [0, 0.05) is 19.2 Å². The topological polar surface area (TPSA) is 59.8 Å². The van der Waals surface area contributed by atoms with E-state index in [1.54, 1.807) is 22.9 Å². The van der Waals surface area contributed by atoms with Crippen LogP contribution in [-0.4, -0.2) is 52.2 Å². The van der Waals surface area contributed by atoms with Crippen molar-refractivity contribution in [3.63, 3.8) is 0 Å². The summed E-state index contributed by atoms with van der Waals surface area (Å²) in [6.45, 7) is 10.0.